The Morgan fingerprint density at radius 3 is 2.68 bits per heavy atom. The minimum Gasteiger partial charge on any atom is -0.489 e. The van der Waals surface area contributed by atoms with Gasteiger partial charge >= 0.3 is 0 Å². The summed E-state index contributed by atoms with van der Waals surface area (Å²) in [6.45, 7) is 1.15. The Hall–Kier alpha value is -2.57. The number of rotatable bonds is 4. The Morgan fingerprint density at radius 1 is 1.11 bits per heavy atom. The number of nitrogens with zero attached hydrogens (tertiary/aromatic N) is 3. The number of hydrogen-bond acceptors (Lipinski definition) is 5. The lowest BCUT2D eigenvalue weighted by atomic mass is 10.1. The number of aromatic nitrogens is 2. The number of carbonyl (C=O) groups is 1. The molecule has 3 heterocycles. The highest BCUT2D eigenvalue weighted by Gasteiger charge is 2.27. The topological polar surface area (TPSA) is 68.5 Å². The largest absolute Gasteiger partial charge is 0.489 e. The molecule has 1 amide bonds. The number of carbonyl (C=O) groups excluding carboxylic acids is 1. The quantitative estimate of drug-likeness (QED) is 0.613. The van der Waals surface area contributed by atoms with Crippen molar-refractivity contribution in [3.05, 3.63) is 64.6 Å². The molecule has 6 nitrogen and oxygen atoms in total. The molecular weight excluding hydrogens is 401 g/mol. The molecule has 1 saturated heterocycles. The molecule has 0 bridgehead atoms. The van der Waals surface area contributed by atoms with Crippen LogP contribution in [0.3, 0.4) is 0 Å². The predicted octanol–water partition coefficient (Wildman–Crippen LogP) is 4.73. The van der Waals surface area contributed by atoms with Gasteiger partial charge in [-0.2, -0.15) is 0 Å². The first kappa shape index (κ1) is 18.8. The van der Waals surface area contributed by atoms with Gasteiger partial charge < -0.3 is 14.2 Å². The number of benzene rings is 1. The SMILES string of the molecule is O=C(c1cc(-c2cccc(Cl)c2)no1)N1CCC(Oc2cncc(Cl)c2)CC1. The van der Waals surface area contributed by atoms with Crippen molar-refractivity contribution in [1.29, 1.82) is 0 Å². The summed E-state index contributed by atoms with van der Waals surface area (Å²) in [5, 5.41) is 5.13. The smallest absolute Gasteiger partial charge is 0.292 e. The minimum atomic E-state index is -0.177. The Balaban J connectivity index is 1.36. The van der Waals surface area contributed by atoms with E-state index in [1.165, 1.54) is 0 Å². The number of hydrogen-bond donors (Lipinski definition) is 0. The van der Waals surface area contributed by atoms with Crippen LogP contribution in [0, 0.1) is 0 Å². The van der Waals surface area contributed by atoms with Crippen LogP contribution in [0.15, 0.2) is 53.3 Å². The molecule has 0 radical (unpaired) electrons. The number of amides is 1. The number of ether oxygens (including phenoxy) is 1. The summed E-state index contributed by atoms with van der Waals surface area (Å²) in [5.74, 6) is 0.677. The van der Waals surface area contributed by atoms with Crippen LogP contribution in [0.1, 0.15) is 23.4 Å². The first-order valence-corrected chi connectivity index (χ1v) is 9.63. The van der Waals surface area contributed by atoms with Crippen LogP contribution in [-0.2, 0) is 0 Å². The molecule has 1 aliphatic rings. The number of likely N-dealkylation sites (tertiary alicyclic amines) is 1. The molecule has 1 fully saturated rings. The van der Waals surface area contributed by atoms with Crippen molar-refractivity contribution < 1.29 is 14.1 Å². The van der Waals surface area contributed by atoms with Gasteiger partial charge in [0.2, 0.25) is 5.76 Å². The fourth-order valence-electron chi connectivity index (χ4n) is 3.14. The fraction of sp³-hybridized carbons (Fsp3) is 0.250. The molecule has 8 heteroatoms. The number of pyridine rings is 1. The lowest BCUT2D eigenvalue weighted by molar-refractivity contribution is 0.0558. The summed E-state index contributed by atoms with van der Waals surface area (Å²) < 4.78 is 11.2. The molecule has 4 rings (SSSR count). The van der Waals surface area contributed by atoms with Gasteiger partial charge in [-0.15, -0.1) is 0 Å². The molecule has 0 spiro atoms. The lowest BCUT2D eigenvalue weighted by Gasteiger charge is -2.31. The normalized spacial score (nSPS) is 14.9. The molecule has 0 saturated carbocycles. The van der Waals surface area contributed by atoms with Crippen LogP contribution in [0.25, 0.3) is 11.3 Å². The van der Waals surface area contributed by atoms with E-state index in [2.05, 4.69) is 10.1 Å². The third kappa shape index (κ3) is 4.29. The van der Waals surface area contributed by atoms with Gasteiger partial charge in [0.25, 0.3) is 5.91 Å². The molecule has 0 atom stereocenters. The third-order valence-corrected chi connectivity index (χ3v) is 4.99. The molecule has 0 aliphatic carbocycles. The van der Waals surface area contributed by atoms with Crippen molar-refractivity contribution in [2.24, 2.45) is 0 Å². The molecule has 2 aromatic heterocycles. The fourth-order valence-corrected chi connectivity index (χ4v) is 3.50. The second kappa shape index (κ2) is 8.20. The Kier molecular flexibility index (Phi) is 5.50. The first-order valence-electron chi connectivity index (χ1n) is 8.87. The van der Waals surface area contributed by atoms with Crippen molar-refractivity contribution in [3.63, 3.8) is 0 Å². The van der Waals surface area contributed by atoms with E-state index in [1.54, 1.807) is 41.6 Å². The zero-order valence-corrected chi connectivity index (χ0v) is 16.4. The summed E-state index contributed by atoms with van der Waals surface area (Å²) in [6, 6.07) is 10.6. The van der Waals surface area contributed by atoms with Crippen LogP contribution in [0.4, 0.5) is 0 Å². The van der Waals surface area contributed by atoms with Gasteiger partial charge in [0.15, 0.2) is 0 Å². The first-order chi connectivity index (χ1) is 13.6. The van der Waals surface area contributed by atoms with Crippen LogP contribution < -0.4 is 4.74 Å². The van der Waals surface area contributed by atoms with Gasteiger partial charge in [0.05, 0.1) is 11.2 Å². The van der Waals surface area contributed by atoms with Crippen molar-refractivity contribution in [1.82, 2.24) is 15.0 Å². The predicted molar refractivity (Wildman–Crippen MR) is 106 cm³/mol. The molecule has 1 aromatic carbocycles. The maximum Gasteiger partial charge on any atom is 0.292 e. The van der Waals surface area contributed by atoms with Crippen LogP contribution >= 0.6 is 23.2 Å². The van der Waals surface area contributed by atoms with Crippen LogP contribution in [0.5, 0.6) is 5.75 Å². The molecule has 3 aromatic rings. The van der Waals surface area contributed by atoms with Gasteiger partial charge in [0.1, 0.15) is 17.5 Å². The van der Waals surface area contributed by atoms with Gasteiger partial charge in [-0.3, -0.25) is 9.78 Å². The molecular formula is C20H17Cl2N3O3. The molecule has 0 unspecified atom stereocenters. The zero-order valence-electron chi connectivity index (χ0n) is 14.8. The lowest BCUT2D eigenvalue weighted by Crippen LogP contribution is -2.41. The van der Waals surface area contributed by atoms with Crippen molar-refractivity contribution >= 4 is 29.1 Å². The van der Waals surface area contributed by atoms with E-state index in [9.17, 15) is 4.79 Å². The van der Waals surface area contributed by atoms with Gasteiger partial charge in [-0.05, 0) is 12.1 Å². The summed E-state index contributed by atoms with van der Waals surface area (Å²) in [6.07, 6.45) is 4.64. The summed E-state index contributed by atoms with van der Waals surface area (Å²) in [4.78, 5) is 18.5. The molecule has 28 heavy (non-hydrogen) atoms. The van der Waals surface area contributed by atoms with E-state index in [1.807, 2.05) is 12.1 Å². The maximum atomic E-state index is 12.7. The van der Waals surface area contributed by atoms with Crippen LogP contribution in [-0.4, -0.2) is 40.1 Å². The number of piperidine rings is 1. The van der Waals surface area contributed by atoms with E-state index in [-0.39, 0.29) is 17.8 Å². The van der Waals surface area contributed by atoms with E-state index in [0.29, 0.717) is 47.4 Å². The highest BCUT2D eigenvalue weighted by Crippen LogP contribution is 2.25. The van der Waals surface area contributed by atoms with E-state index in [4.69, 9.17) is 32.5 Å². The van der Waals surface area contributed by atoms with Crippen LogP contribution in [0.2, 0.25) is 10.0 Å². The van der Waals surface area contributed by atoms with Crippen molar-refractivity contribution in [3.8, 4) is 17.0 Å². The second-order valence-corrected chi connectivity index (χ2v) is 7.41. The highest BCUT2D eigenvalue weighted by atomic mass is 35.5. The minimum absolute atomic E-state index is 0.0149. The summed E-state index contributed by atoms with van der Waals surface area (Å²) in [7, 11) is 0. The Morgan fingerprint density at radius 2 is 1.93 bits per heavy atom. The zero-order chi connectivity index (χ0) is 19.5. The van der Waals surface area contributed by atoms with Crippen molar-refractivity contribution in [2.45, 2.75) is 18.9 Å². The van der Waals surface area contributed by atoms with Gasteiger partial charge in [-0.25, -0.2) is 0 Å². The average molecular weight is 418 g/mol. The Labute approximate surface area is 172 Å². The van der Waals surface area contributed by atoms with E-state index >= 15 is 0 Å². The summed E-state index contributed by atoms with van der Waals surface area (Å²) >= 11 is 11.9. The van der Waals surface area contributed by atoms with E-state index in [0.717, 1.165) is 5.56 Å². The highest BCUT2D eigenvalue weighted by molar-refractivity contribution is 6.31. The van der Waals surface area contributed by atoms with E-state index < -0.39 is 0 Å². The van der Waals surface area contributed by atoms with Gasteiger partial charge in [-0.1, -0.05) is 40.5 Å². The standard InChI is InChI=1S/C20H17Cl2N3O3/c21-14-3-1-2-13(8-14)18-10-19(28-24-18)20(26)25-6-4-16(5-7-25)27-17-9-15(22)11-23-12-17/h1-3,8-12,16H,4-7H2. The monoisotopic (exact) mass is 417 g/mol. The average Bonchev–Trinajstić information content (AvgIpc) is 3.18. The third-order valence-electron chi connectivity index (χ3n) is 4.55. The Bertz CT molecular complexity index is 984. The van der Waals surface area contributed by atoms with Gasteiger partial charge in [0, 0.05) is 54.8 Å². The van der Waals surface area contributed by atoms with Crippen molar-refractivity contribution in [2.75, 3.05) is 13.1 Å². The molecule has 1 aliphatic heterocycles. The molecule has 0 N–H and O–H groups in total. The summed E-state index contributed by atoms with van der Waals surface area (Å²) in [5.41, 5.74) is 1.38. The second-order valence-electron chi connectivity index (χ2n) is 6.54. The maximum absolute atomic E-state index is 12.7. The number of halogens is 2. The molecule has 144 valence electrons.